The SMILES string of the molecule is CC(C)(C)[Si](C)(C)OCCNCCO[Si](C)(CCc1ccccc1)C(C)(C)C. The van der Waals surface area contributed by atoms with Crippen molar-refractivity contribution in [2.45, 2.75) is 83.7 Å². The van der Waals surface area contributed by atoms with Crippen LogP contribution in [0.3, 0.4) is 0 Å². The Kier molecular flexibility index (Phi) is 9.62. The van der Waals surface area contributed by atoms with E-state index in [2.05, 4.69) is 96.8 Å². The molecule has 0 radical (unpaired) electrons. The highest BCUT2D eigenvalue weighted by Gasteiger charge is 2.41. The van der Waals surface area contributed by atoms with Crippen LogP contribution in [-0.4, -0.2) is 42.9 Å². The first-order valence-electron chi connectivity index (χ1n) is 10.8. The van der Waals surface area contributed by atoms with E-state index in [1.165, 1.54) is 5.56 Å². The number of nitrogens with one attached hydrogen (secondary N) is 1. The molecule has 1 aromatic rings. The van der Waals surface area contributed by atoms with Gasteiger partial charge in [-0.1, -0.05) is 71.9 Å². The maximum Gasteiger partial charge on any atom is 0.195 e. The van der Waals surface area contributed by atoms with E-state index in [0.29, 0.717) is 0 Å². The fraction of sp³-hybridized carbons (Fsp3) is 0.739. The first kappa shape index (κ1) is 25.6. The maximum absolute atomic E-state index is 6.56. The van der Waals surface area contributed by atoms with Crippen LogP contribution in [0.5, 0.6) is 0 Å². The molecule has 0 aromatic heterocycles. The molecule has 0 saturated heterocycles. The third kappa shape index (κ3) is 8.11. The van der Waals surface area contributed by atoms with Crippen LogP contribution in [0.2, 0.25) is 35.8 Å². The Hall–Kier alpha value is -0.466. The van der Waals surface area contributed by atoms with Crippen LogP contribution in [0.4, 0.5) is 0 Å². The van der Waals surface area contributed by atoms with Crippen molar-refractivity contribution in [1.82, 2.24) is 5.32 Å². The van der Waals surface area contributed by atoms with Crippen molar-refractivity contribution in [3.05, 3.63) is 35.9 Å². The van der Waals surface area contributed by atoms with Gasteiger partial charge in [-0.25, -0.2) is 0 Å². The molecule has 1 N–H and O–H groups in total. The summed E-state index contributed by atoms with van der Waals surface area (Å²) < 4.78 is 12.8. The molecule has 0 aliphatic heterocycles. The minimum absolute atomic E-state index is 0.229. The van der Waals surface area contributed by atoms with Crippen LogP contribution in [0.25, 0.3) is 0 Å². The van der Waals surface area contributed by atoms with Crippen molar-refractivity contribution in [1.29, 1.82) is 0 Å². The monoisotopic (exact) mass is 423 g/mol. The summed E-state index contributed by atoms with van der Waals surface area (Å²) in [6, 6.07) is 11.9. The van der Waals surface area contributed by atoms with Crippen molar-refractivity contribution in [3.8, 4) is 0 Å². The highest BCUT2D eigenvalue weighted by atomic mass is 28.4. The van der Waals surface area contributed by atoms with E-state index < -0.39 is 16.6 Å². The molecule has 0 spiro atoms. The quantitative estimate of drug-likeness (QED) is 0.338. The summed E-state index contributed by atoms with van der Waals surface area (Å²) in [6.07, 6.45) is 1.11. The van der Waals surface area contributed by atoms with Crippen LogP contribution in [0, 0.1) is 0 Å². The van der Waals surface area contributed by atoms with Gasteiger partial charge in [0.25, 0.3) is 0 Å². The number of rotatable bonds is 11. The lowest BCUT2D eigenvalue weighted by Gasteiger charge is -2.39. The second-order valence-electron chi connectivity index (χ2n) is 10.7. The second kappa shape index (κ2) is 10.5. The molecule has 0 bridgehead atoms. The van der Waals surface area contributed by atoms with Crippen molar-refractivity contribution in [3.63, 3.8) is 0 Å². The third-order valence-corrected chi connectivity index (χ3v) is 16.3. The molecular formula is C23H45NO2Si2. The van der Waals surface area contributed by atoms with Gasteiger partial charge in [-0.2, -0.15) is 0 Å². The first-order chi connectivity index (χ1) is 12.8. The predicted octanol–water partition coefficient (Wildman–Crippen LogP) is 6.23. The highest BCUT2D eigenvalue weighted by molar-refractivity contribution is 6.75. The van der Waals surface area contributed by atoms with Crippen molar-refractivity contribution < 1.29 is 8.85 Å². The fourth-order valence-corrected chi connectivity index (χ4v) is 6.45. The summed E-state index contributed by atoms with van der Waals surface area (Å²) >= 11 is 0. The molecule has 0 saturated carbocycles. The summed E-state index contributed by atoms with van der Waals surface area (Å²) in [4.78, 5) is 0. The van der Waals surface area contributed by atoms with Crippen LogP contribution in [0.15, 0.2) is 30.3 Å². The van der Waals surface area contributed by atoms with Gasteiger partial charge in [-0.05, 0) is 47.7 Å². The topological polar surface area (TPSA) is 30.5 Å². The summed E-state index contributed by atoms with van der Waals surface area (Å²) in [5, 5.41) is 4.00. The van der Waals surface area contributed by atoms with Crippen LogP contribution < -0.4 is 5.32 Å². The van der Waals surface area contributed by atoms with Gasteiger partial charge >= 0.3 is 0 Å². The molecule has 1 atom stereocenters. The van der Waals surface area contributed by atoms with E-state index in [0.717, 1.165) is 38.8 Å². The zero-order chi connectivity index (χ0) is 21.5. The van der Waals surface area contributed by atoms with Gasteiger partial charge in [-0.15, -0.1) is 0 Å². The summed E-state index contributed by atoms with van der Waals surface area (Å²) in [7, 11) is -3.46. The molecule has 5 heteroatoms. The van der Waals surface area contributed by atoms with Crippen molar-refractivity contribution >= 4 is 16.6 Å². The van der Waals surface area contributed by atoms with Crippen molar-refractivity contribution in [2.24, 2.45) is 0 Å². The van der Waals surface area contributed by atoms with Crippen LogP contribution in [-0.2, 0) is 15.3 Å². The zero-order valence-electron chi connectivity index (χ0n) is 19.9. The Morgan fingerprint density at radius 3 is 1.82 bits per heavy atom. The number of hydrogen-bond acceptors (Lipinski definition) is 3. The number of hydrogen-bond donors (Lipinski definition) is 1. The number of benzene rings is 1. The van der Waals surface area contributed by atoms with Gasteiger partial charge < -0.3 is 14.2 Å². The zero-order valence-corrected chi connectivity index (χ0v) is 21.9. The van der Waals surface area contributed by atoms with Gasteiger partial charge in [-0.3, -0.25) is 0 Å². The fourth-order valence-electron chi connectivity index (χ4n) is 2.76. The largest absolute Gasteiger partial charge is 0.416 e. The maximum atomic E-state index is 6.56. The highest BCUT2D eigenvalue weighted by Crippen LogP contribution is 2.40. The molecule has 162 valence electrons. The van der Waals surface area contributed by atoms with E-state index in [-0.39, 0.29) is 10.1 Å². The molecule has 1 rings (SSSR count). The Morgan fingerprint density at radius 2 is 1.32 bits per heavy atom. The third-order valence-electron chi connectivity index (χ3n) is 6.57. The average molecular weight is 424 g/mol. The molecule has 0 aliphatic carbocycles. The van der Waals surface area contributed by atoms with E-state index >= 15 is 0 Å². The Bertz CT molecular complexity index is 564. The lowest BCUT2D eigenvalue weighted by atomic mass is 10.2. The van der Waals surface area contributed by atoms with Gasteiger partial charge in [0.05, 0.1) is 0 Å². The summed E-state index contributed by atoms with van der Waals surface area (Å²) in [5.41, 5.74) is 1.41. The average Bonchev–Trinajstić information content (AvgIpc) is 2.58. The van der Waals surface area contributed by atoms with Gasteiger partial charge in [0.1, 0.15) is 0 Å². The van der Waals surface area contributed by atoms with Crippen molar-refractivity contribution in [2.75, 3.05) is 26.3 Å². The molecular weight excluding hydrogens is 378 g/mol. The standard InChI is InChI=1S/C23H45NO2Si2/c1-22(2,3)27(7,8)25-18-16-24-17-19-26-28(9,23(4,5)6)20-15-21-13-11-10-12-14-21/h10-14,24H,15-20H2,1-9H3. The molecule has 0 fully saturated rings. The molecule has 0 heterocycles. The molecule has 0 amide bonds. The lowest BCUT2D eigenvalue weighted by molar-refractivity contribution is 0.261. The minimum Gasteiger partial charge on any atom is -0.416 e. The first-order valence-corrected chi connectivity index (χ1v) is 16.3. The number of aryl methyl sites for hydroxylation is 1. The molecule has 1 aromatic carbocycles. The smallest absolute Gasteiger partial charge is 0.195 e. The van der Waals surface area contributed by atoms with E-state index in [1.54, 1.807) is 0 Å². The Morgan fingerprint density at radius 1 is 0.786 bits per heavy atom. The van der Waals surface area contributed by atoms with Gasteiger partial charge in [0.2, 0.25) is 0 Å². The van der Waals surface area contributed by atoms with Crippen LogP contribution >= 0.6 is 0 Å². The molecule has 28 heavy (non-hydrogen) atoms. The Labute approximate surface area is 176 Å². The van der Waals surface area contributed by atoms with E-state index in [1.807, 2.05) is 0 Å². The second-order valence-corrected chi connectivity index (χ2v) is 20.2. The Balaban J connectivity index is 2.38. The van der Waals surface area contributed by atoms with E-state index in [4.69, 9.17) is 8.85 Å². The predicted molar refractivity (Wildman–Crippen MR) is 128 cm³/mol. The molecule has 3 nitrogen and oxygen atoms in total. The minimum atomic E-state index is -1.82. The summed E-state index contributed by atoms with van der Waals surface area (Å²) in [5.74, 6) is 0. The van der Waals surface area contributed by atoms with E-state index in [9.17, 15) is 0 Å². The van der Waals surface area contributed by atoms with Gasteiger partial charge in [0, 0.05) is 26.3 Å². The molecule has 0 aliphatic rings. The summed E-state index contributed by atoms with van der Waals surface area (Å²) in [6.45, 7) is 24.3. The van der Waals surface area contributed by atoms with Gasteiger partial charge in [0.15, 0.2) is 16.6 Å². The van der Waals surface area contributed by atoms with Crippen LogP contribution in [0.1, 0.15) is 47.1 Å². The normalized spacial score (nSPS) is 15.5. The molecule has 1 unspecified atom stereocenters. The lowest BCUT2D eigenvalue weighted by Crippen LogP contribution is -2.46.